The minimum absolute atomic E-state index is 0.00515. The molecule has 0 radical (unpaired) electrons. The number of hydrogen-bond donors (Lipinski definition) is 2. The van der Waals surface area contributed by atoms with Crippen molar-refractivity contribution < 1.29 is 9.84 Å². The number of nitrogens with zero attached hydrogens (tertiary/aromatic N) is 1. The SMILES string of the molecule is CNC(C)C(C)(C)CN1CCOC(CO)C1. The van der Waals surface area contributed by atoms with Gasteiger partial charge in [-0.05, 0) is 19.4 Å². The molecule has 1 aliphatic rings. The van der Waals surface area contributed by atoms with Crippen LogP contribution in [-0.4, -0.2) is 62.0 Å². The van der Waals surface area contributed by atoms with Crippen molar-refractivity contribution in [1.29, 1.82) is 0 Å². The van der Waals surface area contributed by atoms with Crippen molar-refractivity contribution in [3.8, 4) is 0 Å². The first-order chi connectivity index (χ1) is 7.49. The maximum absolute atomic E-state index is 9.10. The Hall–Kier alpha value is -0.160. The zero-order chi connectivity index (χ0) is 12.2. The second-order valence-electron chi connectivity index (χ2n) is 5.41. The van der Waals surface area contributed by atoms with E-state index in [0.717, 1.165) is 26.2 Å². The van der Waals surface area contributed by atoms with Gasteiger partial charge in [-0.1, -0.05) is 13.8 Å². The van der Waals surface area contributed by atoms with Crippen molar-refractivity contribution >= 4 is 0 Å². The first-order valence-corrected chi connectivity index (χ1v) is 6.11. The van der Waals surface area contributed by atoms with E-state index >= 15 is 0 Å². The van der Waals surface area contributed by atoms with Gasteiger partial charge in [-0.2, -0.15) is 0 Å². The fourth-order valence-corrected chi connectivity index (χ4v) is 2.14. The molecular formula is C12H26N2O2. The molecule has 96 valence electrons. The van der Waals surface area contributed by atoms with Crippen LogP contribution in [0.5, 0.6) is 0 Å². The van der Waals surface area contributed by atoms with Gasteiger partial charge in [0.2, 0.25) is 0 Å². The molecule has 1 rings (SSSR count). The molecule has 4 nitrogen and oxygen atoms in total. The lowest BCUT2D eigenvalue weighted by atomic mass is 9.84. The maximum Gasteiger partial charge on any atom is 0.0932 e. The lowest BCUT2D eigenvalue weighted by molar-refractivity contribution is -0.0622. The van der Waals surface area contributed by atoms with Crippen molar-refractivity contribution in [2.45, 2.75) is 32.9 Å². The fourth-order valence-electron chi connectivity index (χ4n) is 2.14. The van der Waals surface area contributed by atoms with Gasteiger partial charge in [0.1, 0.15) is 0 Å². The summed E-state index contributed by atoms with van der Waals surface area (Å²) in [6.45, 7) is 10.5. The van der Waals surface area contributed by atoms with Crippen LogP contribution in [0.4, 0.5) is 0 Å². The number of nitrogens with one attached hydrogen (secondary N) is 1. The Morgan fingerprint density at radius 2 is 2.25 bits per heavy atom. The average molecular weight is 230 g/mol. The molecule has 2 atom stereocenters. The van der Waals surface area contributed by atoms with Crippen LogP contribution in [0.15, 0.2) is 0 Å². The minimum Gasteiger partial charge on any atom is -0.394 e. The summed E-state index contributed by atoms with van der Waals surface area (Å²) in [5, 5.41) is 12.4. The molecule has 0 bridgehead atoms. The van der Waals surface area contributed by atoms with Crippen LogP contribution in [0.2, 0.25) is 0 Å². The molecule has 0 aliphatic carbocycles. The molecule has 1 heterocycles. The van der Waals surface area contributed by atoms with E-state index in [1.165, 1.54) is 0 Å². The molecule has 0 aromatic rings. The Labute approximate surface area is 99.0 Å². The van der Waals surface area contributed by atoms with Crippen LogP contribution < -0.4 is 5.32 Å². The van der Waals surface area contributed by atoms with E-state index in [4.69, 9.17) is 9.84 Å². The highest BCUT2D eigenvalue weighted by molar-refractivity contribution is 4.84. The molecule has 1 saturated heterocycles. The molecule has 16 heavy (non-hydrogen) atoms. The highest BCUT2D eigenvalue weighted by Gasteiger charge is 2.29. The zero-order valence-corrected chi connectivity index (χ0v) is 11.0. The third-order valence-electron chi connectivity index (χ3n) is 3.66. The molecule has 1 fully saturated rings. The monoisotopic (exact) mass is 230 g/mol. The highest BCUT2D eigenvalue weighted by Crippen LogP contribution is 2.23. The third-order valence-corrected chi connectivity index (χ3v) is 3.66. The van der Waals surface area contributed by atoms with Gasteiger partial charge in [-0.15, -0.1) is 0 Å². The molecule has 2 N–H and O–H groups in total. The van der Waals surface area contributed by atoms with E-state index in [0.29, 0.717) is 6.04 Å². The summed E-state index contributed by atoms with van der Waals surface area (Å²) in [6, 6.07) is 0.475. The Morgan fingerprint density at radius 3 is 2.81 bits per heavy atom. The molecule has 1 aliphatic heterocycles. The third kappa shape index (κ3) is 3.70. The van der Waals surface area contributed by atoms with Gasteiger partial charge >= 0.3 is 0 Å². The Kier molecular flexibility index (Phi) is 5.18. The number of hydrogen-bond acceptors (Lipinski definition) is 4. The van der Waals surface area contributed by atoms with Crippen LogP contribution in [0.25, 0.3) is 0 Å². The summed E-state index contributed by atoms with van der Waals surface area (Å²) in [6.07, 6.45) is -0.00515. The number of aliphatic hydroxyl groups excluding tert-OH is 1. The van der Waals surface area contributed by atoms with Gasteiger partial charge in [0, 0.05) is 25.7 Å². The predicted molar refractivity (Wildman–Crippen MR) is 65.6 cm³/mol. The van der Waals surface area contributed by atoms with E-state index in [9.17, 15) is 0 Å². The van der Waals surface area contributed by atoms with Crippen molar-refractivity contribution in [3.63, 3.8) is 0 Å². The normalized spacial score (nSPS) is 25.7. The average Bonchev–Trinajstić information content (AvgIpc) is 2.27. The topological polar surface area (TPSA) is 44.7 Å². The summed E-state index contributed by atoms with van der Waals surface area (Å²) in [7, 11) is 2.00. The highest BCUT2D eigenvalue weighted by atomic mass is 16.5. The standard InChI is InChI=1S/C12H26N2O2/c1-10(13-4)12(2,3)9-14-5-6-16-11(7-14)8-15/h10-11,13,15H,5-9H2,1-4H3. The lowest BCUT2D eigenvalue weighted by Crippen LogP contribution is -2.51. The predicted octanol–water partition coefficient (Wildman–Crippen LogP) is 0.314. The van der Waals surface area contributed by atoms with E-state index in [1.807, 2.05) is 7.05 Å². The van der Waals surface area contributed by atoms with Gasteiger partial charge in [0.25, 0.3) is 0 Å². The summed E-state index contributed by atoms with van der Waals surface area (Å²) < 4.78 is 5.45. The first-order valence-electron chi connectivity index (χ1n) is 6.11. The van der Waals surface area contributed by atoms with Crippen LogP contribution in [-0.2, 0) is 4.74 Å². The fraction of sp³-hybridized carbons (Fsp3) is 1.00. The Balaban J connectivity index is 2.46. The van der Waals surface area contributed by atoms with E-state index in [1.54, 1.807) is 0 Å². The smallest absolute Gasteiger partial charge is 0.0932 e. The number of ether oxygens (including phenoxy) is 1. The van der Waals surface area contributed by atoms with Gasteiger partial charge in [-0.25, -0.2) is 0 Å². The van der Waals surface area contributed by atoms with Crippen molar-refractivity contribution in [3.05, 3.63) is 0 Å². The van der Waals surface area contributed by atoms with Gasteiger partial charge in [-0.3, -0.25) is 4.90 Å². The molecule has 0 amide bonds. The Morgan fingerprint density at radius 1 is 1.56 bits per heavy atom. The summed E-state index contributed by atoms with van der Waals surface area (Å²) in [4.78, 5) is 2.39. The number of aliphatic hydroxyl groups is 1. The van der Waals surface area contributed by atoms with Crippen LogP contribution in [0, 0.1) is 5.41 Å². The molecule has 2 unspecified atom stereocenters. The largest absolute Gasteiger partial charge is 0.394 e. The van der Waals surface area contributed by atoms with Crippen LogP contribution in [0.1, 0.15) is 20.8 Å². The second kappa shape index (κ2) is 5.96. The zero-order valence-electron chi connectivity index (χ0n) is 11.0. The van der Waals surface area contributed by atoms with Crippen molar-refractivity contribution in [2.24, 2.45) is 5.41 Å². The minimum atomic E-state index is -0.00515. The number of morpholine rings is 1. The number of rotatable bonds is 5. The second-order valence-corrected chi connectivity index (χ2v) is 5.41. The summed E-state index contributed by atoms with van der Waals surface area (Å²) >= 11 is 0. The Bertz CT molecular complexity index is 209. The van der Waals surface area contributed by atoms with Crippen molar-refractivity contribution in [1.82, 2.24) is 10.2 Å². The van der Waals surface area contributed by atoms with Crippen LogP contribution >= 0.6 is 0 Å². The van der Waals surface area contributed by atoms with Gasteiger partial charge < -0.3 is 15.2 Å². The summed E-state index contributed by atoms with van der Waals surface area (Å²) in [5.41, 5.74) is 0.228. The molecule has 0 spiro atoms. The molecule has 0 saturated carbocycles. The molecule has 4 heteroatoms. The molecular weight excluding hydrogens is 204 g/mol. The van der Waals surface area contributed by atoms with E-state index < -0.39 is 0 Å². The van der Waals surface area contributed by atoms with E-state index in [2.05, 4.69) is 31.0 Å². The van der Waals surface area contributed by atoms with Gasteiger partial charge in [0.05, 0.1) is 19.3 Å². The van der Waals surface area contributed by atoms with Crippen molar-refractivity contribution in [2.75, 3.05) is 39.9 Å². The first kappa shape index (κ1) is 13.9. The quantitative estimate of drug-likeness (QED) is 0.714. The van der Waals surface area contributed by atoms with Crippen LogP contribution in [0.3, 0.4) is 0 Å². The maximum atomic E-state index is 9.10. The molecule has 0 aromatic carbocycles. The van der Waals surface area contributed by atoms with Gasteiger partial charge in [0.15, 0.2) is 0 Å². The molecule has 0 aromatic heterocycles. The lowest BCUT2D eigenvalue weighted by Gasteiger charge is -2.40. The summed E-state index contributed by atoms with van der Waals surface area (Å²) in [5.74, 6) is 0. The van der Waals surface area contributed by atoms with E-state index in [-0.39, 0.29) is 18.1 Å².